The summed E-state index contributed by atoms with van der Waals surface area (Å²) in [5.74, 6) is -0.146. The number of nitrogens with one attached hydrogen (secondary N) is 3. The van der Waals surface area contributed by atoms with Crippen LogP contribution < -0.4 is 30.6 Å². The number of halogens is 3. The molecule has 3 N–H and O–H groups in total. The zero-order valence-corrected chi connectivity index (χ0v) is 21.9. The van der Waals surface area contributed by atoms with Gasteiger partial charge in [-0.1, -0.05) is 6.07 Å². The number of benzene rings is 2. The predicted octanol–water partition coefficient (Wildman–Crippen LogP) is 5.34. The first-order chi connectivity index (χ1) is 18.4. The van der Waals surface area contributed by atoms with Crippen molar-refractivity contribution in [3.63, 3.8) is 0 Å². The fourth-order valence-corrected chi connectivity index (χ4v) is 4.00. The highest BCUT2D eigenvalue weighted by molar-refractivity contribution is 6.02. The number of amides is 2. The SMILES string of the molecule is CCOc1cc(-c2ccc(NC(=O)Nc3ccc(OC4(C)COC4)c(C(F)(F)F)c3)c(N(C)C)c2)c[nH]c1=O. The summed E-state index contributed by atoms with van der Waals surface area (Å²) in [6, 6.07) is 9.46. The monoisotopic (exact) mass is 546 g/mol. The van der Waals surface area contributed by atoms with Crippen LogP contribution in [0, 0.1) is 0 Å². The van der Waals surface area contributed by atoms with Crippen molar-refractivity contribution >= 4 is 23.1 Å². The van der Waals surface area contributed by atoms with Gasteiger partial charge in [0.2, 0.25) is 0 Å². The van der Waals surface area contributed by atoms with Crippen LogP contribution in [0.15, 0.2) is 53.5 Å². The van der Waals surface area contributed by atoms with Gasteiger partial charge in [-0.05, 0) is 55.8 Å². The average Bonchev–Trinajstić information content (AvgIpc) is 2.85. The average molecular weight is 547 g/mol. The fraction of sp³-hybridized carbons (Fsp3) is 0.333. The number of alkyl halides is 3. The zero-order valence-electron chi connectivity index (χ0n) is 21.9. The van der Waals surface area contributed by atoms with Crippen molar-refractivity contribution in [3.05, 3.63) is 64.6 Å². The van der Waals surface area contributed by atoms with Crippen molar-refractivity contribution in [2.24, 2.45) is 0 Å². The minimum Gasteiger partial charge on any atom is -0.488 e. The van der Waals surface area contributed by atoms with Crippen molar-refractivity contribution in [1.29, 1.82) is 0 Å². The van der Waals surface area contributed by atoms with E-state index in [4.69, 9.17) is 14.2 Å². The lowest BCUT2D eigenvalue weighted by molar-refractivity contribution is -0.160. The Kier molecular flexibility index (Phi) is 7.77. The summed E-state index contributed by atoms with van der Waals surface area (Å²) in [7, 11) is 3.56. The molecule has 3 aromatic rings. The summed E-state index contributed by atoms with van der Waals surface area (Å²) < 4.78 is 57.2. The lowest BCUT2D eigenvalue weighted by atomic mass is 10.0. The number of hydrogen-bond acceptors (Lipinski definition) is 6. The summed E-state index contributed by atoms with van der Waals surface area (Å²) in [4.78, 5) is 29.1. The second kappa shape index (κ2) is 10.9. The van der Waals surface area contributed by atoms with Crippen LogP contribution in [-0.4, -0.2) is 50.5 Å². The molecule has 0 saturated carbocycles. The number of ether oxygens (including phenoxy) is 3. The van der Waals surface area contributed by atoms with E-state index in [0.717, 1.165) is 11.6 Å². The van der Waals surface area contributed by atoms with Crippen LogP contribution in [0.25, 0.3) is 11.1 Å². The number of anilines is 3. The van der Waals surface area contributed by atoms with Crippen molar-refractivity contribution < 1.29 is 32.2 Å². The molecule has 39 heavy (non-hydrogen) atoms. The molecule has 2 amide bonds. The van der Waals surface area contributed by atoms with Gasteiger partial charge in [-0.15, -0.1) is 0 Å². The molecule has 12 heteroatoms. The molecule has 1 saturated heterocycles. The van der Waals surface area contributed by atoms with Crippen LogP contribution in [0.2, 0.25) is 0 Å². The highest BCUT2D eigenvalue weighted by atomic mass is 19.4. The Morgan fingerprint density at radius 1 is 1.08 bits per heavy atom. The first-order valence-electron chi connectivity index (χ1n) is 12.1. The molecule has 9 nitrogen and oxygen atoms in total. The second-order valence-corrected chi connectivity index (χ2v) is 9.47. The maximum Gasteiger partial charge on any atom is 0.420 e. The number of carbonyl (C=O) groups excluding carboxylic acids is 1. The van der Waals surface area contributed by atoms with E-state index in [1.54, 1.807) is 63.3 Å². The number of H-pyrrole nitrogens is 1. The van der Waals surface area contributed by atoms with Crippen LogP contribution in [0.5, 0.6) is 11.5 Å². The maximum absolute atomic E-state index is 13.7. The molecule has 1 aliphatic rings. The van der Waals surface area contributed by atoms with Crippen LogP contribution in [-0.2, 0) is 10.9 Å². The maximum atomic E-state index is 13.7. The highest BCUT2D eigenvalue weighted by Crippen LogP contribution is 2.40. The molecular formula is C27H29F3N4O5. The molecule has 1 fully saturated rings. The third-order valence-corrected chi connectivity index (χ3v) is 5.94. The predicted molar refractivity (Wildman–Crippen MR) is 142 cm³/mol. The van der Waals surface area contributed by atoms with Gasteiger partial charge in [-0.3, -0.25) is 4.79 Å². The van der Waals surface area contributed by atoms with E-state index < -0.39 is 23.4 Å². The van der Waals surface area contributed by atoms with Gasteiger partial charge in [0, 0.05) is 31.5 Å². The molecule has 0 radical (unpaired) electrons. The number of aromatic nitrogens is 1. The molecule has 0 unspecified atom stereocenters. The smallest absolute Gasteiger partial charge is 0.420 e. The largest absolute Gasteiger partial charge is 0.488 e. The van der Waals surface area contributed by atoms with Gasteiger partial charge in [0.25, 0.3) is 5.56 Å². The molecule has 0 atom stereocenters. The molecule has 2 aromatic carbocycles. The highest BCUT2D eigenvalue weighted by Gasteiger charge is 2.40. The summed E-state index contributed by atoms with van der Waals surface area (Å²) in [6.07, 6.45) is -3.13. The van der Waals surface area contributed by atoms with Gasteiger partial charge in [0.1, 0.15) is 5.75 Å². The topological polar surface area (TPSA) is 105 Å². The Balaban J connectivity index is 1.54. The van der Waals surface area contributed by atoms with E-state index in [1.165, 1.54) is 12.1 Å². The Labute approximate surface area is 222 Å². The zero-order chi connectivity index (χ0) is 28.4. The van der Waals surface area contributed by atoms with E-state index >= 15 is 0 Å². The number of nitrogens with zero attached hydrogens (tertiary/aromatic N) is 1. The molecule has 4 rings (SSSR count). The first-order valence-corrected chi connectivity index (χ1v) is 12.1. The number of aromatic amines is 1. The van der Waals surface area contributed by atoms with Crippen molar-refractivity contribution in [2.75, 3.05) is 49.4 Å². The van der Waals surface area contributed by atoms with E-state index in [0.29, 0.717) is 23.5 Å². The molecule has 1 aromatic heterocycles. The molecule has 0 aliphatic carbocycles. The third-order valence-electron chi connectivity index (χ3n) is 5.94. The Bertz CT molecular complexity index is 1420. The molecule has 208 valence electrons. The lowest BCUT2D eigenvalue weighted by Gasteiger charge is -2.38. The van der Waals surface area contributed by atoms with E-state index in [2.05, 4.69) is 15.6 Å². The van der Waals surface area contributed by atoms with Crippen molar-refractivity contribution in [3.8, 4) is 22.6 Å². The van der Waals surface area contributed by atoms with E-state index in [-0.39, 0.29) is 36.0 Å². The normalized spacial score (nSPS) is 14.2. The van der Waals surface area contributed by atoms with Gasteiger partial charge < -0.3 is 34.7 Å². The third kappa shape index (κ3) is 6.45. The summed E-state index contributed by atoms with van der Waals surface area (Å²) in [6.45, 7) is 4.16. The Hall–Kier alpha value is -4.19. The van der Waals surface area contributed by atoms with Crippen LogP contribution in [0.4, 0.5) is 35.0 Å². The second-order valence-electron chi connectivity index (χ2n) is 9.47. The van der Waals surface area contributed by atoms with Crippen LogP contribution in [0.3, 0.4) is 0 Å². The molecule has 0 bridgehead atoms. The Morgan fingerprint density at radius 2 is 1.82 bits per heavy atom. The standard InChI is InChI=1S/C27H29F3N4O5/c1-5-38-23-11-17(13-31-24(23)35)16-6-8-20(21(10-16)34(3)4)33-25(36)32-18-7-9-22(19(12-18)27(28,29)30)39-26(2)14-37-15-26/h6-13H,5,14-15H2,1-4H3,(H,31,35)(H2,32,33,36). The number of urea groups is 1. The quantitative estimate of drug-likeness (QED) is 0.353. The van der Waals surface area contributed by atoms with Gasteiger partial charge in [-0.25, -0.2) is 4.79 Å². The summed E-state index contributed by atoms with van der Waals surface area (Å²) in [5, 5.41) is 5.14. The molecule has 2 heterocycles. The fourth-order valence-electron chi connectivity index (χ4n) is 4.00. The molecule has 1 aliphatic heterocycles. The van der Waals surface area contributed by atoms with Gasteiger partial charge in [0.05, 0.1) is 36.8 Å². The number of pyridine rings is 1. The minimum absolute atomic E-state index is 0.0538. The van der Waals surface area contributed by atoms with E-state index in [9.17, 15) is 22.8 Å². The molecule has 0 spiro atoms. The lowest BCUT2D eigenvalue weighted by Crippen LogP contribution is -2.51. The molecular weight excluding hydrogens is 517 g/mol. The van der Waals surface area contributed by atoms with Gasteiger partial charge in [0.15, 0.2) is 11.4 Å². The van der Waals surface area contributed by atoms with Crippen molar-refractivity contribution in [1.82, 2.24) is 4.98 Å². The summed E-state index contributed by atoms with van der Waals surface area (Å²) >= 11 is 0. The first kappa shape index (κ1) is 27.8. The van der Waals surface area contributed by atoms with Crippen LogP contribution in [0.1, 0.15) is 19.4 Å². The van der Waals surface area contributed by atoms with Crippen LogP contribution >= 0.6 is 0 Å². The number of hydrogen-bond donors (Lipinski definition) is 3. The summed E-state index contributed by atoms with van der Waals surface area (Å²) in [5.41, 5.74) is 0.260. The van der Waals surface area contributed by atoms with Crippen molar-refractivity contribution in [2.45, 2.75) is 25.6 Å². The minimum atomic E-state index is -4.69. The number of carbonyl (C=O) groups is 1. The van der Waals surface area contributed by atoms with Gasteiger partial charge >= 0.3 is 12.2 Å². The van der Waals surface area contributed by atoms with Gasteiger partial charge in [-0.2, -0.15) is 13.2 Å². The number of rotatable bonds is 8. The van der Waals surface area contributed by atoms with E-state index in [1.807, 2.05) is 0 Å². The Morgan fingerprint density at radius 3 is 2.44 bits per heavy atom.